The van der Waals surface area contributed by atoms with Crippen molar-refractivity contribution in [3.63, 3.8) is 0 Å². The summed E-state index contributed by atoms with van der Waals surface area (Å²) < 4.78 is 10.7. The Bertz CT molecular complexity index is 483. The molecule has 0 aromatic heterocycles. The quantitative estimate of drug-likeness (QED) is 0.509. The van der Waals surface area contributed by atoms with Crippen molar-refractivity contribution in [3.8, 4) is 17.2 Å². The second-order valence-electron chi connectivity index (χ2n) is 4.49. The fourth-order valence-electron chi connectivity index (χ4n) is 1.70. The molecule has 0 bridgehead atoms. The van der Waals surface area contributed by atoms with Crippen molar-refractivity contribution < 1.29 is 29.3 Å². The number of hydrogen-bond donors (Lipinski definition) is 2. The second kappa shape index (κ2) is 8.84. The Morgan fingerprint density at radius 2 is 1.86 bits per heavy atom. The maximum absolute atomic E-state index is 11.1. The van der Waals surface area contributed by atoms with Crippen molar-refractivity contribution in [1.29, 1.82) is 0 Å². The average Bonchev–Trinajstić information content (AvgIpc) is 2.46. The van der Waals surface area contributed by atoms with E-state index >= 15 is 0 Å². The highest BCUT2D eigenvalue weighted by Gasteiger charge is 2.14. The van der Waals surface area contributed by atoms with Gasteiger partial charge in [0.25, 0.3) is 0 Å². The molecule has 6 heteroatoms. The highest BCUT2D eigenvalue weighted by atomic mass is 16.5. The summed E-state index contributed by atoms with van der Waals surface area (Å²) in [5, 5.41) is 18.5. The first-order valence-electron chi connectivity index (χ1n) is 6.88. The number of carboxylic acids is 1. The predicted octanol–water partition coefficient (Wildman–Crippen LogP) is 2.63. The van der Waals surface area contributed by atoms with Crippen LogP contribution in [0.5, 0.6) is 17.2 Å². The SMILES string of the molecule is CCCOc1ccc(OCCCCC(=O)O)c(C=O)c1O. The van der Waals surface area contributed by atoms with Crippen LogP contribution < -0.4 is 9.47 Å². The van der Waals surface area contributed by atoms with Gasteiger partial charge in [0, 0.05) is 6.42 Å². The van der Waals surface area contributed by atoms with E-state index in [9.17, 15) is 14.7 Å². The van der Waals surface area contributed by atoms with Crippen LogP contribution in [0, 0.1) is 0 Å². The number of unbranched alkanes of at least 4 members (excludes halogenated alkanes) is 1. The maximum atomic E-state index is 11.1. The van der Waals surface area contributed by atoms with Crippen molar-refractivity contribution in [1.82, 2.24) is 0 Å². The largest absolute Gasteiger partial charge is 0.504 e. The standard InChI is InChI=1S/C15H20O6/c1-2-8-20-13-7-6-12(11(10-16)15(13)19)21-9-4-3-5-14(17)18/h6-7,10,19H,2-5,8-9H2,1H3,(H,17,18). The van der Waals surface area contributed by atoms with Crippen molar-refractivity contribution in [2.24, 2.45) is 0 Å². The highest BCUT2D eigenvalue weighted by molar-refractivity contribution is 5.85. The minimum absolute atomic E-state index is 0.0434. The predicted molar refractivity (Wildman–Crippen MR) is 76.3 cm³/mol. The van der Waals surface area contributed by atoms with Crippen LogP contribution in [0.1, 0.15) is 43.0 Å². The van der Waals surface area contributed by atoms with Crippen molar-refractivity contribution in [2.75, 3.05) is 13.2 Å². The van der Waals surface area contributed by atoms with E-state index in [1.165, 1.54) is 0 Å². The first kappa shape index (κ1) is 16.8. The van der Waals surface area contributed by atoms with E-state index in [1.807, 2.05) is 6.92 Å². The van der Waals surface area contributed by atoms with Crippen molar-refractivity contribution in [2.45, 2.75) is 32.6 Å². The van der Waals surface area contributed by atoms with Crippen LogP contribution in [-0.4, -0.2) is 35.7 Å². The summed E-state index contributed by atoms with van der Waals surface area (Å²) >= 11 is 0. The van der Waals surface area contributed by atoms with Gasteiger partial charge in [0.1, 0.15) is 11.3 Å². The first-order valence-corrected chi connectivity index (χ1v) is 6.88. The molecule has 1 rings (SSSR count). The van der Waals surface area contributed by atoms with E-state index in [-0.39, 0.29) is 35.8 Å². The minimum atomic E-state index is -0.848. The van der Waals surface area contributed by atoms with E-state index in [4.69, 9.17) is 14.6 Å². The van der Waals surface area contributed by atoms with E-state index in [1.54, 1.807) is 12.1 Å². The molecule has 0 saturated carbocycles. The normalized spacial score (nSPS) is 10.1. The smallest absolute Gasteiger partial charge is 0.303 e. The number of hydrogen-bond acceptors (Lipinski definition) is 5. The van der Waals surface area contributed by atoms with E-state index in [2.05, 4.69) is 0 Å². The molecule has 6 nitrogen and oxygen atoms in total. The van der Waals surface area contributed by atoms with E-state index in [0.29, 0.717) is 25.7 Å². The lowest BCUT2D eigenvalue weighted by Crippen LogP contribution is -2.03. The molecule has 0 amide bonds. The van der Waals surface area contributed by atoms with Gasteiger partial charge in [-0.25, -0.2) is 0 Å². The summed E-state index contributed by atoms with van der Waals surface area (Å²) in [6.07, 6.45) is 2.44. The van der Waals surface area contributed by atoms with Gasteiger partial charge in [-0.1, -0.05) is 6.92 Å². The Balaban J connectivity index is 2.63. The molecule has 0 unspecified atom stereocenters. The molecular formula is C15H20O6. The molecule has 0 atom stereocenters. The Morgan fingerprint density at radius 1 is 1.19 bits per heavy atom. The molecule has 116 valence electrons. The van der Waals surface area contributed by atoms with Gasteiger partial charge in [-0.15, -0.1) is 0 Å². The Morgan fingerprint density at radius 3 is 2.48 bits per heavy atom. The summed E-state index contributed by atoms with van der Waals surface area (Å²) in [5.74, 6) is -0.570. The molecule has 0 saturated heterocycles. The summed E-state index contributed by atoms with van der Waals surface area (Å²) in [6, 6.07) is 3.11. The molecule has 0 heterocycles. The third-order valence-electron chi connectivity index (χ3n) is 2.76. The number of ether oxygens (including phenoxy) is 2. The van der Waals surface area contributed by atoms with Gasteiger partial charge < -0.3 is 19.7 Å². The fourth-order valence-corrected chi connectivity index (χ4v) is 1.70. The van der Waals surface area contributed by atoms with Crippen LogP contribution in [0.2, 0.25) is 0 Å². The Hall–Kier alpha value is -2.24. The third kappa shape index (κ3) is 5.33. The fraction of sp³-hybridized carbons (Fsp3) is 0.467. The summed E-state index contributed by atoms with van der Waals surface area (Å²) in [4.78, 5) is 21.4. The first-order chi connectivity index (χ1) is 10.1. The minimum Gasteiger partial charge on any atom is -0.504 e. The van der Waals surface area contributed by atoms with Crippen LogP contribution in [-0.2, 0) is 4.79 Å². The number of carboxylic acid groups (broad SMARTS) is 1. The molecule has 21 heavy (non-hydrogen) atoms. The second-order valence-corrected chi connectivity index (χ2v) is 4.49. The van der Waals surface area contributed by atoms with Crippen molar-refractivity contribution >= 4 is 12.3 Å². The van der Waals surface area contributed by atoms with Gasteiger partial charge in [0.15, 0.2) is 17.8 Å². The number of phenols is 1. The molecule has 0 aliphatic heterocycles. The molecule has 0 fully saturated rings. The number of aldehydes is 1. The lowest BCUT2D eigenvalue weighted by atomic mass is 10.1. The van der Waals surface area contributed by atoms with Gasteiger partial charge in [-0.05, 0) is 31.4 Å². The molecule has 1 aromatic rings. The molecule has 1 aromatic carbocycles. The van der Waals surface area contributed by atoms with Gasteiger partial charge in [-0.2, -0.15) is 0 Å². The maximum Gasteiger partial charge on any atom is 0.303 e. The molecular weight excluding hydrogens is 276 g/mol. The molecule has 2 N–H and O–H groups in total. The number of phenolic OH excluding ortho intramolecular Hbond substituents is 1. The number of aromatic hydroxyl groups is 1. The summed E-state index contributed by atoms with van der Waals surface area (Å²) in [5.41, 5.74) is 0.0434. The van der Waals surface area contributed by atoms with Crippen LogP contribution in [0.25, 0.3) is 0 Å². The van der Waals surface area contributed by atoms with Crippen LogP contribution in [0.15, 0.2) is 12.1 Å². The van der Waals surface area contributed by atoms with Crippen LogP contribution in [0.3, 0.4) is 0 Å². The molecule has 0 aliphatic rings. The highest BCUT2D eigenvalue weighted by Crippen LogP contribution is 2.35. The van der Waals surface area contributed by atoms with Crippen LogP contribution >= 0.6 is 0 Å². The lowest BCUT2D eigenvalue weighted by molar-refractivity contribution is -0.137. The molecule has 0 spiro atoms. The number of rotatable bonds is 10. The van der Waals surface area contributed by atoms with Gasteiger partial charge in [-0.3, -0.25) is 9.59 Å². The lowest BCUT2D eigenvalue weighted by Gasteiger charge is -2.13. The van der Waals surface area contributed by atoms with Crippen LogP contribution in [0.4, 0.5) is 0 Å². The zero-order chi connectivity index (χ0) is 15.7. The topological polar surface area (TPSA) is 93.1 Å². The number of benzene rings is 1. The zero-order valence-electron chi connectivity index (χ0n) is 12.0. The zero-order valence-corrected chi connectivity index (χ0v) is 12.0. The van der Waals surface area contributed by atoms with Gasteiger partial charge in [0.2, 0.25) is 0 Å². The van der Waals surface area contributed by atoms with Gasteiger partial charge >= 0.3 is 5.97 Å². The van der Waals surface area contributed by atoms with Gasteiger partial charge in [0.05, 0.1) is 13.2 Å². The van der Waals surface area contributed by atoms with E-state index < -0.39 is 5.97 Å². The average molecular weight is 296 g/mol. The molecule has 0 radical (unpaired) electrons. The third-order valence-corrected chi connectivity index (χ3v) is 2.76. The monoisotopic (exact) mass is 296 g/mol. The number of carbonyl (C=O) groups is 2. The van der Waals surface area contributed by atoms with Crippen molar-refractivity contribution in [3.05, 3.63) is 17.7 Å². The number of carbonyl (C=O) groups excluding carboxylic acids is 1. The number of aliphatic carboxylic acids is 1. The van der Waals surface area contributed by atoms with E-state index in [0.717, 1.165) is 6.42 Å². The molecule has 0 aliphatic carbocycles. The summed E-state index contributed by atoms with van der Waals surface area (Å²) in [7, 11) is 0. The Labute approximate surface area is 123 Å². The summed E-state index contributed by atoms with van der Waals surface area (Å²) in [6.45, 7) is 2.66. The Kier molecular flexibility index (Phi) is 7.08.